The van der Waals surface area contributed by atoms with Crippen LogP contribution in [0.5, 0.6) is 5.75 Å². The van der Waals surface area contributed by atoms with E-state index in [2.05, 4.69) is 22.4 Å². The van der Waals surface area contributed by atoms with Gasteiger partial charge >= 0.3 is 0 Å². The van der Waals surface area contributed by atoms with Gasteiger partial charge in [0.2, 0.25) is 11.8 Å². The molecule has 0 spiro atoms. The Morgan fingerprint density at radius 3 is 2.87 bits per heavy atom. The first-order valence-electron chi connectivity index (χ1n) is 9.95. The summed E-state index contributed by atoms with van der Waals surface area (Å²) in [4.78, 5) is 26.4. The van der Waals surface area contributed by atoms with E-state index < -0.39 is 0 Å². The van der Waals surface area contributed by atoms with Crippen LogP contribution in [0, 0.1) is 0 Å². The molecule has 2 heterocycles. The zero-order valence-corrected chi connectivity index (χ0v) is 18.4. The molecule has 162 valence electrons. The number of hydrogen-bond acceptors (Lipinski definition) is 7. The van der Waals surface area contributed by atoms with Crippen molar-refractivity contribution in [3.63, 3.8) is 0 Å². The number of nitrogens with one attached hydrogen (secondary N) is 1. The van der Waals surface area contributed by atoms with Crippen molar-refractivity contribution >= 4 is 35.2 Å². The summed E-state index contributed by atoms with van der Waals surface area (Å²) < 4.78 is 10.9. The van der Waals surface area contributed by atoms with E-state index in [0.717, 1.165) is 25.8 Å². The summed E-state index contributed by atoms with van der Waals surface area (Å²) in [5, 5.41) is 11.4. The highest BCUT2D eigenvalue weighted by atomic mass is 35.5. The van der Waals surface area contributed by atoms with E-state index in [4.69, 9.17) is 20.8 Å². The van der Waals surface area contributed by atoms with Crippen LogP contribution in [0.4, 0.5) is 0 Å². The fourth-order valence-electron chi connectivity index (χ4n) is 3.23. The van der Waals surface area contributed by atoms with E-state index in [1.807, 2.05) is 4.90 Å². The number of benzene rings is 1. The Morgan fingerprint density at radius 1 is 1.30 bits per heavy atom. The van der Waals surface area contributed by atoms with Crippen LogP contribution in [-0.4, -0.2) is 51.9 Å². The summed E-state index contributed by atoms with van der Waals surface area (Å²) in [6, 6.07) is 7.07. The number of likely N-dealkylation sites (tertiary alicyclic amines) is 1. The molecule has 1 aromatic heterocycles. The largest absolute Gasteiger partial charge is 0.484 e. The van der Waals surface area contributed by atoms with Crippen molar-refractivity contribution < 1.29 is 18.7 Å². The molecule has 1 atom stereocenters. The van der Waals surface area contributed by atoms with Gasteiger partial charge in [-0.15, -0.1) is 10.2 Å². The minimum atomic E-state index is -0.316. The molecule has 1 aromatic carbocycles. The molecule has 1 N–H and O–H groups in total. The highest BCUT2D eigenvalue weighted by molar-refractivity contribution is 7.99. The molecule has 2 aromatic rings. The number of halogens is 1. The fraction of sp³-hybridized carbons (Fsp3) is 0.500. The van der Waals surface area contributed by atoms with Crippen LogP contribution in [0.3, 0.4) is 0 Å². The monoisotopic (exact) mass is 452 g/mol. The summed E-state index contributed by atoms with van der Waals surface area (Å²) in [5.41, 5.74) is 0. The quantitative estimate of drug-likeness (QED) is 0.583. The standard InChI is InChI=1S/C20H25ClN4O4S/c1-2-15-5-3-4-10-25(15)19(27)13-30-20-24-23-18(29-20)11-22-17(26)12-28-16-8-6-14(21)7-9-16/h6-9,15H,2-5,10-13H2,1H3,(H,22,26)/t15-/m1/s1. The van der Waals surface area contributed by atoms with Gasteiger partial charge in [-0.25, -0.2) is 0 Å². The maximum atomic E-state index is 12.5. The van der Waals surface area contributed by atoms with Crippen molar-refractivity contribution in [2.24, 2.45) is 0 Å². The van der Waals surface area contributed by atoms with Crippen LogP contribution in [0.2, 0.25) is 5.02 Å². The summed E-state index contributed by atoms with van der Waals surface area (Å²) >= 11 is 7.02. The third-order valence-corrected chi connectivity index (χ3v) is 5.86. The first kappa shape index (κ1) is 22.4. The van der Waals surface area contributed by atoms with Gasteiger partial charge in [0.15, 0.2) is 6.61 Å². The van der Waals surface area contributed by atoms with Crippen LogP contribution in [0.1, 0.15) is 38.5 Å². The van der Waals surface area contributed by atoms with Crippen molar-refractivity contribution in [2.45, 2.75) is 50.4 Å². The molecule has 1 saturated heterocycles. The van der Waals surface area contributed by atoms with Crippen LogP contribution < -0.4 is 10.1 Å². The average molecular weight is 453 g/mol. The highest BCUT2D eigenvalue weighted by Crippen LogP contribution is 2.22. The Balaban J connectivity index is 1.38. The Labute approximate surface area is 184 Å². The predicted octanol–water partition coefficient (Wildman–Crippen LogP) is 3.30. The molecule has 8 nitrogen and oxygen atoms in total. The van der Waals surface area contributed by atoms with E-state index in [1.54, 1.807) is 24.3 Å². The molecule has 1 aliphatic heterocycles. The van der Waals surface area contributed by atoms with E-state index in [9.17, 15) is 9.59 Å². The smallest absolute Gasteiger partial charge is 0.277 e. The van der Waals surface area contributed by atoms with Crippen LogP contribution in [0.15, 0.2) is 33.9 Å². The van der Waals surface area contributed by atoms with E-state index in [1.165, 1.54) is 18.2 Å². The normalized spacial score (nSPS) is 16.3. The number of thioether (sulfide) groups is 1. The second-order valence-electron chi connectivity index (χ2n) is 6.91. The Kier molecular flexibility index (Phi) is 8.39. The molecular formula is C20H25ClN4O4S. The molecule has 1 fully saturated rings. The van der Waals surface area contributed by atoms with Gasteiger partial charge in [-0.05, 0) is 49.9 Å². The summed E-state index contributed by atoms with van der Waals surface area (Å²) in [7, 11) is 0. The molecular weight excluding hydrogens is 428 g/mol. The Hall–Kier alpha value is -2.26. The molecule has 3 rings (SSSR count). The van der Waals surface area contributed by atoms with Gasteiger partial charge in [0.25, 0.3) is 11.1 Å². The van der Waals surface area contributed by atoms with Crippen molar-refractivity contribution in [1.29, 1.82) is 0 Å². The average Bonchev–Trinajstić information content (AvgIpc) is 3.23. The van der Waals surface area contributed by atoms with Crippen LogP contribution >= 0.6 is 23.4 Å². The molecule has 2 amide bonds. The molecule has 0 radical (unpaired) electrons. The van der Waals surface area contributed by atoms with Gasteiger partial charge in [0.1, 0.15) is 5.75 Å². The molecule has 30 heavy (non-hydrogen) atoms. The number of nitrogens with zero attached hydrogens (tertiary/aromatic N) is 3. The predicted molar refractivity (Wildman–Crippen MR) is 113 cm³/mol. The topological polar surface area (TPSA) is 97.6 Å². The molecule has 0 bridgehead atoms. The van der Waals surface area contributed by atoms with E-state index >= 15 is 0 Å². The number of aromatic nitrogens is 2. The van der Waals surface area contributed by atoms with Crippen molar-refractivity contribution in [3.8, 4) is 5.75 Å². The van der Waals surface area contributed by atoms with Gasteiger partial charge in [-0.3, -0.25) is 9.59 Å². The lowest BCUT2D eigenvalue weighted by molar-refractivity contribution is -0.132. The summed E-state index contributed by atoms with van der Waals surface area (Å²) in [5.74, 6) is 0.866. The second-order valence-corrected chi connectivity index (χ2v) is 8.28. The zero-order chi connectivity index (χ0) is 21.3. The number of piperidine rings is 1. The third-order valence-electron chi connectivity index (χ3n) is 4.81. The number of carbonyl (C=O) groups excluding carboxylic acids is 2. The van der Waals surface area contributed by atoms with Crippen LogP contribution in [0.25, 0.3) is 0 Å². The summed E-state index contributed by atoms with van der Waals surface area (Å²) in [6.45, 7) is 2.88. The van der Waals surface area contributed by atoms with Crippen LogP contribution in [-0.2, 0) is 16.1 Å². The first-order chi connectivity index (χ1) is 14.5. The zero-order valence-electron chi connectivity index (χ0n) is 16.8. The minimum absolute atomic E-state index is 0.0916. The lowest BCUT2D eigenvalue weighted by Gasteiger charge is -2.35. The van der Waals surface area contributed by atoms with Gasteiger partial charge in [-0.1, -0.05) is 30.3 Å². The van der Waals surface area contributed by atoms with Crippen molar-refractivity contribution in [1.82, 2.24) is 20.4 Å². The maximum absolute atomic E-state index is 12.5. The Bertz CT molecular complexity index is 846. The SMILES string of the molecule is CC[C@@H]1CCCCN1C(=O)CSc1nnc(CNC(=O)COc2ccc(Cl)cc2)o1. The lowest BCUT2D eigenvalue weighted by Crippen LogP contribution is -2.44. The molecule has 0 saturated carbocycles. The Morgan fingerprint density at radius 2 is 2.10 bits per heavy atom. The van der Waals surface area contributed by atoms with Crippen molar-refractivity contribution in [2.75, 3.05) is 18.9 Å². The molecule has 1 aliphatic rings. The minimum Gasteiger partial charge on any atom is -0.484 e. The molecule has 0 aliphatic carbocycles. The highest BCUT2D eigenvalue weighted by Gasteiger charge is 2.25. The van der Waals surface area contributed by atoms with Gasteiger partial charge in [-0.2, -0.15) is 0 Å². The molecule has 10 heteroatoms. The van der Waals surface area contributed by atoms with Gasteiger partial charge in [0, 0.05) is 17.6 Å². The lowest BCUT2D eigenvalue weighted by atomic mass is 10.0. The van der Waals surface area contributed by atoms with E-state index in [-0.39, 0.29) is 36.6 Å². The number of ether oxygens (including phenoxy) is 1. The second kappa shape index (κ2) is 11.2. The number of hydrogen-bond donors (Lipinski definition) is 1. The van der Waals surface area contributed by atoms with Crippen molar-refractivity contribution in [3.05, 3.63) is 35.2 Å². The number of amides is 2. The number of rotatable bonds is 9. The van der Waals surface area contributed by atoms with Gasteiger partial charge in [0.05, 0.1) is 12.3 Å². The van der Waals surface area contributed by atoms with Gasteiger partial charge < -0.3 is 19.4 Å². The maximum Gasteiger partial charge on any atom is 0.277 e. The van der Waals surface area contributed by atoms with E-state index in [0.29, 0.717) is 22.0 Å². The fourth-order valence-corrected chi connectivity index (χ4v) is 4.03. The number of carbonyl (C=O) groups is 2. The summed E-state index contributed by atoms with van der Waals surface area (Å²) in [6.07, 6.45) is 4.28. The molecule has 0 unspecified atom stereocenters. The third kappa shape index (κ3) is 6.63. The first-order valence-corrected chi connectivity index (χ1v) is 11.3.